The van der Waals surface area contributed by atoms with Gasteiger partial charge in [0.05, 0.1) is 5.69 Å². The van der Waals surface area contributed by atoms with E-state index in [1.54, 1.807) is 19.1 Å². The highest BCUT2D eigenvalue weighted by Gasteiger charge is 2.20. The Bertz CT molecular complexity index is 686. The van der Waals surface area contributed by atoms with Crippen LogP contribution in [0.15, 0.2) is 24.3 Å². The number of nitrogens with zero attached hydrogens (tertiary/aromatic N) is 4. The Hall–Kier alpha value is -2.28. The number of aryl methyl sites for hydroxylation is 1. The first-order valence-electron chi connectivity index (χ1n) is 7.93. The maximum atomic E-state index is 13.0. The van der Waals surface area contributed by atoms with Gasteiger partial charge < -0.3 is 10.2 Å². The van der Waals surface area contributed by atoms with Crippen LogP contribution in [0.5, 0.6) is 0 Å². The van der Waals surface area contributed by atoms with Crippen molar-refractivity contribution in [3.63, 3.8) is 0 Å². The first-order chi connectivity index (χ1) is 11.3. The molecule has 1 heterocycles. The van der Waals surface area contributed by atoms with Crippen LogP contribution in [0.3, 0.4) is 0 Å². The van der Waals surface area contributed by atoms with Crippen molar-refractivity contribution in [1.29, 1.82) is 0 Å². The molecule has 0 aliphatic rings. The predicted molar refractivity (Wildman–Crippen MR) is 90.7 cm³/mol. The Morgan fingerprint density at radius 3 is 2.46 bits per heavy atom. The largest absolute Gasteiger partial charge is 0.348 e. The zero-order valence-corrected chi connectivity index (χ0v) is 14.7. The minimum absolute atomic E-state index is 0.109. The number of amides is 1. The van der Waals surface area contributed by atoms with Crippen LogP contribution in [0.25, 0.3) is 5.69 Å². The Kier molecular flexibility index (Phi) is 5.66. The van der Waals surface area contributed by atoms with Crippen molar-refractivity contribution >= 4 is 5.91 Å². The minimum Gasteiger partial charge on any atom is -0.348 e. The van der Waals surface area contributed by atoms with Crippen LogP contribution in [0, 0.1) is 18.7 Å². The molecule has 0 aliphatic heterocycles. The third-order valence-electron chi connectivity index (χ3n) is 3.95. The van der Waals surface area contributed by atoms with E-state index in [4.69, 9.17) is 0 Å². The first-order valence-corrected chi connectivity index (χ1v) is 7.93. The van der Waals surface area contributed by atoms with Gasteiger partial charge in [-0.2, -0.15) is 0 Å². The molecule has 1 aromatic heterocycles. The Balaban J connectivity index is 2.11. The van der Waals surface area contributed by atoms with Gasteiger partial charge >= 0.3 is 0 Å². The lowest BCUT2D eigenvalue weighted by atomic mass is 10.0. The molecule has 0 saturated carbocycles. The SMILES string of the molecule is Cc1nc(C(=O)NCC(C(C)C)N(C)C)nn1-c1ccc(F)cc1. The second-order valence-electron chi connectivity index (χ2n) is 6.36. The molecule has 1 atom stereocenters. The van der Waals surface area contributed by atoms with Crippen LogP contribution in [0.1, 0.15) is 30.3 Å². The number of hydrogen-bond donors (Lipinski definition) is 1. The zero-order chi connectivity index (χ0) is 17.9. The highest BCUT2D eigenvalue weighted by atomic mass is 19.1. The molecule has 1 unspecified atom stereocenters. The van der Waals surface area contributed by atoms with Crippen molar-refractivity contribution in [2.45, 2.75) is 26.8 Å². The number of benzene rings is 1. The molecule has 24 heavy (non-hydrogen) atoms. The molecule has 0 saturated heterocycles. The fraction of sp³-hybridized carbons (Fsp3) is 0.471. The summed E-state index contributed by atoms with van der Waals surface area (Å²) in [4.78, 5) is 18.6. The number of hydrogen-bond acceptors (Lipinski definition) is 4. The summed E-state index contributed by atoms with van der Waals surface area (Å²) in [6.45, 7) is 6.50. The smallest absolute Gasteiger partial charge is 0.291 e. The van der Waals surface area contributed by atoms with Gasteiger partial charge in [-0.1, -0.05) is 13.8 Å². The molecule has 130 valence electrons. The van der Waals surface area contributed by atoms with E-state index in [0.29, 0.717) is 24.0 Å². The predicted octanol–water partition coefficient (Wildman–Crippen LogP) is 2.03. The van der Waals surface area contributed by atoms with Crippen molar-refractivity contribution < 1.29 is 9.18 Å². The van der Waals surface area contributed by atoms with E-state index in [2.05, 4.69) is 34.1 Å². The van der Waals surface area contributed by atoms with Crippen LogP contribution in [0.4, 0.5) is 4.39 Å². The topological polar surface area (TPSA) is 63.1 Å². The molecule has 0 fully saturated rings. The monoisotopic (exact) mass is 333 g/mol. The molecule has 6 nitrogen and oxygen atoms in total. The lowest BCUT2D eigenvalue weighted by molar-refractivity contribution is 0.0924. The van der Waals surface area contributed by atoms with Gasteiger partial charge in [0, 0.05) is 12.6 Å². The summed E-state index contributed by atoms with van der Waals surface area (Å²) >= 11 is 0. The van der Waals surface area contributed by atoms with E-state index in [9.17, 15) is 9.18 Å². The van der Waals surface area contributed by atoms with Crippen LogP contribution < -0.4 is 5.32 Å². The number of rotatable bonds is 6. The van der Waals surface area contributed by atoms with E-state index in [1.165, 1.54) is 16.8 Å². The zero-order valence-electron chi connectivity index (χ0n) is 14.7. The summed E-state index contributed by atoms with van der Waals surface area (Å²) in [5.41, 5.74) is 0.661. The van der Waals surface area contributed by atoms with Crippen molar-refractivity contribution in [3.05, 3.63) is 41.7 Å². The van der Waals surface area contributed by atoms with Crippen molar-refractivity contribution in [2.75, 3.05) is 20.6 Å². The van der Waals surface area contributed by atoms with E-state index < -0.39 is 0 Å². The van der Waals surface area contributed by atoms with E-state index >= 15 is 0 Å². The quantitative estimate of drug-likeness (QED) is 0.879. The average molecular weight is 333 g/mol. The molecule has 7 heteroatoms. The van der Waals surface area contributed by atoms with Gasteiger partial charge in [-0.15, -0.1) is 5.10 Å². The molecule has 2 rings (SSSR count). The summed E-state index contributed by atoms with van der Waals surface area (Å²) in [6.07, 6.45) is 0. The number of carbonyl (C=O) groups excluding carboxylic acids is 1. The van der Waals surface area contributed by atoms with E-state index in [-0.39, 0.29) is 23.6 Å². The Morgan fingerprint density at radius 2 is 1.92 bits per heavy atom. The molecule has 2 aromatic rings. The van der Waals surface area contributed by atoms with Crippen molar-refractivity contribution in [1.82, 2.24) is 25.0 Å². The minimum atomic E-state index is -0.321. The van der Waals surface area contributed by atoms with Crippen LogP contribution in [-0.2, 0) is 0 Å². The van der Waals surface area contributed by atoms with Crippen LogP contribution in [-0.4, -0.2) is 52.3 Å². The fourth-order valence-electron chi connectivity index (χ4n) is 2.60. The van der Waals surface area contributed by atoms with Gasteiger partial charge in [0.1, 0.15) is 11.6 Å². The number of halogens is 1. The van der Waals surface area contributed by atoms with Crippen molar-refractivity contribution in [2.24, 2.45) is 5.92 Å². The third kappa shape index (κ3) is 4.17. The van der Waals surface area contributed by atoms with Gasteiger partial charge in [0.2, 0.25) is 5.82 Å². The van der Waals surface area contributed by atoms with Gasteiger partial charge in [0.15, 0.2) is 0 Å². The molecule has 1 aromatic carbocycles. The highest BCUT2D eigenvalue weighted by Crippen LogP contribution is 2.11. The molecule has 0 aliphatic carbocycles. The number of aromatic nitrogens is 3. The summed E-state index contributed by atoms with van der Waals surface area (Å²) < 4.78 is 14.6. The second-order valence-corrected chi connectivity index (χ2v) is 6.36. The van der Waals surface area contributed by atoms with E-state index in [1.807, 2.05) is 14.1 Å². The summed E-state index contributed by atoms with van der Waals surface area (Å²) in [5.74, 6) is 0.453. The van der Waals surface area contributed by atoms with E-state index in [0.717, 1.165) is 0 Å². The molecule has 0 spiro atoms. The molecule has 1 amide bonds. The lowest BCUT2D eigenvalue weighted by Crippen LogP contribution is -2.43. The first kappa shape index (κ1) is 18.1. The number of likely N-dealkylation sites (N-methyl/N-ethyl adjacent to an activating group) is 1. The average Bonchev–Trinajstić information content (AvgIpc) is 2.89. The molecule has 1 N–H and O–H groups in total. The standard InChI is InChI=1S/C17H24FN5O/c1-11(2)15(22(4)5)10-19-17(24)16-20-12(3)23(21-16)14-8-6-13(18)7-9-14/h6-9,11,15H,10H2,1-5H3,(H,19,24). The van der Waals surface area contributed by atoms with Crippen LogP contribution >= 0.6 is 0 Å². The van der Waals surface area contributed by atoms with Gasteiger partial charge in [-0.05, 0) is 51.2 Å². The fourth-order valence-corrected chi connectivity index (χ4v) is 2.60. The number of nitrogens with one attached hydrogen (secondary N) is 1. The molecular weight excluding hydrogens is 309 g/mol. The summed E-state index contributed by atoms with van der Waals surface area (Å²) in [5, 5.41) is 7.12. The molecular formula is C17H24FN5O. The summed E-state index contributed by atoms with van der Waals surface area (Å²) in [7, 11) is 3.98. The Labute approximate surface area is 141 Å². The normalized spacial score (nSPS) is 12.7. The molecule has 0 radical (unpaired) electrons. The Morgan fingerprint density at radius 1 is 1.29 bits per heavy atom. The maximum Gasteiger partial charge on any atom is 0.291 e. The van der Waals surface area contributed by atoms with Gasteiger partial charge in [-0.3, -0.25) is 4.79 Å². The lowest BCUT2D eigenvalue weighted by Gasteiger charge is -2.27. The number of carbonyl (C=O) groups is 1. The van der Waals surface area contributed by atoms with Crippen LogP contribution in [0.2, 0.25) is 0 Å². The maximum absolute atomic E-state index is 13.0. The van der Waals surface area contributed by atoms with Crippen molar-refractivity contribution in [3.8, 4) is 5.69 Å². The second kappa shape index (κ2) is 7.53. The van der Waals surface area contributed by atoms with Gasteiger partial charge in [-0.25, -0.2) is 14.1 Å². The third-order valence-corrected chi connectivity index (χ3v) is 3.95. The summed E-state index contributed by atoms with van der Waals surface area (Å²) in [6, 6.07) is 6.12. The highest BCUT2D eigenvalue weighted by molar-refractivity contribution is 5.90. The van der Waals surface area contributed by atoms with Gasteiger partial charge in [0.25, 0.3) is 5.91 Å². The molecule has 0 bridgehead atoms.